The molecule has 0 aliphatic carbocycles. The molecule has 2 aromatic rings. The number of para-hydroxylation sites is 1. The number of fused-ring (bicyclic) bond motifs is 1. The van der Waals surface area contributed by atoms with Crippen LogP contribution in [-0.2, 0) is 16.0 Å². The Hall–Kier alpha value is -1.88. The molecule has 19 heavy (non-hydrogen) atoms. The standard InChI is InChI=1S/C14H16N2O3/c1-18-14(17)13-11-6-2-3-7-12(11)16(15-13)9-10-5-4-8-19-10/h2-3,6-7,10H,4-5,8-9H2,1H3/t10-/m1/s1. The molecule has 1 aromatic carbocycles. The van der Waals surface area contributed by atoms with Gasteiger partial charge in [0.1, 0.15) is 0 Å². The van der Waals surface area contributed by atoms with Gasteiger partial charge in [0, 0.05) is 12.0 Å². The van der Waals surface area contributed by atoms with Crippen molar-refractivity contribution >= 4 is 16.9 Å². The lowest BCUT2D eigenvalue weighted by Crippen LogP contribution is -2.16. The lowest BCUT2D eigenvalue weighted by molar-refractivity contribution is 0.0592. The van der Waals surface area contributed by atoms with Gasteiger partial charge >= 0.3 is 5.97 Å². The van der Waals surface area contributed by atoms with Gasteiger partial charge in [-0.3, -0.25) is 4.68 Å². The molecule has 0 radical (unpaired) electrons. The number of methoxy groups -OCH3 is 1. The molecule has 1 fully saturated rings. The molecule has 100 valence electrons. The third kappa shape index (κ3) is 2.21. The average Bonchev–Trinajstić information content (AvgIpc) is 3.07. The second-order valence-electron chi connectivity index (χ2n) is 4.67. The second kappa shape index (κ2) is 5.01. The summed E-state index contributed by atoms with van der Waals surface area (Å²) in [7, 11) is 1.37. The Morgan fingerprint density at radius 2 is 2.37 bits per heavy atom. The van der Waals surface area contributed by atoms with E-state index in [9.17, 15) is 4.79 Å². The number of carbonyl (C=O) groups is 1. The van der Waals surface area contributed by atoms with Gasteiger partial charge in [0.15, 0.2) is 5.69 Å². The highest BCUT2D eigenvalue weighted by Crippen LogP contribution is 2.21. The fourth-order valence-electron chi connectivity index (χ4n) is 2.50. The molecule has 0 N–H and O–H groups in total. The fraction of sp³-hybridized carbons (Fsp3) is 0.429. The topological polar surface area (TPSA) is 53.3 Å². The van der Waals surface area contributed by atoms with Crippen molar-refractivity contribution in [1.82, 2.24) is 9.78 Å². The highest BCUT2D eigenvalue weighted by Gasteiger charge is 2.21. The molecular weight excluding hydrogens is 244 g/mol. The van der Waals surface area contributed by atoms with Crippen molar-refractivity contribution in [3.8, 4) is 0 Å². The second-order valence-corrected chi connectivity index (χ2v) is 4.67. The van der Waals surface area contributed by atoms with E-state index in [4.69, 9.17) is 9.47 Å². The van der Waals surface area contributed by atoms with Crippen molar-refractivity contribution in [2.24, 2.45) is 0 Å². The third-order valence-electron chi connectivity index (χ3n) is 3.44. The van der Waals surface area contributed by atoms with Gasteiger partial charge < -0.3 is 9.47 Å². The molecule has 0 unspecified atom stereocenters. The van der Waals surface area contributed by atoms with Crippen molar-refractivity contribution < 1.29 is 14.3 Å². The van der Waals surface area contributed by atoms with Crippen molar-refractivity contribution in [1.29, 1.82) is 0 Å². The lowest BCUT2D eigenvalue weighted by Gasteiger charge is -2.09. The van der Waals surface area contributed by atoms with Crippen LogP contribution in [0.5, 0.6) is 0 Å². The number of hydrogen-bond acceptors (Lipinski definition) is 4. The Labute approximate surface area is 111 Å². The Morgan fingerprint density at radius 1 is 1.53 bits per heavy atom. The first kappa shape index (κ1) is 12.2. The Kier molecular flexibility index (Phi) is 3.21. The number of carbonyl (C=O) groups excluding carboxylic acids is 1. The molecule has 0 saturated carbocycles. The van der Waals surface area contributed by atoms with Gasteiger partial charge in [0.25, 0.3) is 0 Å². The van der Waals surface area contributed by atoms with Crippen molar-refractivity contribution in [2.75, 3.05) is 13.7 Å². The molecule has 1 aliphatic heterocycles. The molecule has 1 atom stereocenters. The van der Waals surface area contributed by atoms with Gasteiger partial charge in [-0.2, -0.15) is 5.10 Å². The van der Waals surface area contributed by atoms with E-state index in [-0.39, 0.29) is 6.10 Å². The quantitative estimate of drug-likeness (QED) is 0.792. The van der Waals surface area contributed by atoms with E-state index < -0.39 is 5.97 Å². The first-order valence-corrected chi connectivity index (χ1v) is 6.45. The monoisotopic (exact) mass is 260 g/mol. The highest BCUT2D eigenvalue weighted by molar-refractivity contribution is 6.02. The van der Waals surface area contributed by atoms with Gasteiger partial charge in [-0.1, -0.05) is 18.2 Å². The van der Waals surface area contributed by atoms with Crippen LogP contribution in [0.3, 0.4) is 0 Å². The number of nitrogens with zero attached hydrogens (tertiary/aromatic N) is 2. The molecule has 2 heterocycles. The van der Waals surface area contributed by atoms with Gasteiger partial charge in [0.05, 0.1) is 25.3 Å². The van der Waals surface area contributed by atoms with Crippen LogP contribution in [0, 0.1) is 0 Å². The van der Waals surface area contributed by atoms with Crippen LogP contribution < -0.4 is 0 Å². The Bertz CT molecular complexity index is 600. The Balaban J connectivity index is 2.01. The largest absolute Gasteiger partial charge is 0.464 e. The molecule has 5 heteroatoms. The van der Waals surface area contributed by atoms with Gasteiger partial charge in [0.2, 0.25) is 0 Å². The molecule has 5 nitrogen and oxygen atoms in total. The summed E-state index contributed by atoms with van der Waals surface area (Å²) in [6.45, 7) is 1.49. The number of rotatable bonds is 3. The molecule has 1 saturated heterocycles. The summed E-state index contributed by atoms with van der Waals surface area (Å²) in [5, 5.41) is 5.21. The summed E-state index contributed by atoms with van der Waals surface area (Å²) in [5.41, 5.74) is 1.31. The lowest BCUT2D eigenvalue weighted by atomic mass is 10.2. The zero-order valence-corrected chi connectivity index (χ0v) is 10.8. The molecule has 1 aliphatic rings. The van der Waals surface area contributed by atoms with E-state index >= 15 is 0 Å². The number of esters is 1. The van der Waals surface area contributed by atoms with Crippen molar-refractivity contribution in [3.63, 3.8) is 0 Å². The maximum Gasteiger partial charge on any atom is 0.359 e. The van der Waals surface area contributed by atoms with Crippen LogP contribution in [0.15, 0.2) is 24.3 Å². The SMILES string of the molecule is COC(=O)c1nn(C[C@H]2CCCO2)c2ccccc12. The smallest absolute Gasteiger partial charge is 0.359 e. The molecule has 1 aromatic heterocycles. The molecular formula is C14H16N2O3. The predicted molar refractivity (Wildman–Crippen MR) is 70.0 cm³/mol. The zero-order valence-electron chi connectivity index (χ0n) is 10.8. The highest BCUT2D eigenvalue weighted by atomic mass is 16.5. The van der Waals surface area contributed by atoms with E-state index in [2.05, 4.69) is 5.10 Å². The number of aromatic nitrogens is 2. The molecule has 0 bridgehead atoms. The average molecular weight is 260 g/mol. The summed E-state index contributed by atoms with van der Waals surface area (Å²) in [4.78, 5) is 11.7. The van der Waals surface area contributed by atoms with Crippen LogP contribution in [0.25, 0.3) is 10.9 Å². The molecule has 3 rings (SSSR count). The maximum atomic E-state index is 11.7. The predicted octanol–water partition coefficient (Wildman–Crippen LogP) is 2.00. The summed E-state index contributed by atoms with van der Waals surface area (Å²) < 4.78 is 12.3. The minimum absolute atomic E-state index is 0.189. The van der Waals surface area contributed by atoms with Crippen molar-refractivity contribution in [3.05, 3.63) is 30.0 Å². The molecule has 0 spiro atoms. The van der Waals surface area contributed by atoms with E-state index in [0.717, 1.165) is 30.4 Å². The minimum Gasteiger partial charge on any atom is -0.464 e. The van der Waals surface area contributed by atoms with Gasteiger partial charge in [-0.25, -0.2) is 4.79 Å². The van der Waals surface area contributed by atoms with E-state index in [1.807, 2.05) is 28.9 Å². The third-order valence-corrected chi connectivity index (χ3v) is 3.44. The maximum absolute atomic E-state index is 11.7. The van der Waals surface area contributed by atoms with Crippen LogP contribution in [-0.4, -0.2) is 35.6 Å². The summed E-state index contributed by atoms with van der Waals surface area (Å²) >= 11 is 0. The van der Waals surface area contributed by atoms with Crippen LogP contribution in [0.4, 0.5) is 0 Å². The van der Waals surface area contributed by atoms with E-state index in [1.54, 1.807) is 0 Å². The van der Waals surface area contributed by atoms with Crippen LogP contribution in [0.2, 0.25) is 0 Å². The minimum atomic E-state index is -0.401. The van der Waals surface area contributed by atoms with E-state index in [0.29, 0.717) is 12.2 Å². The van der Waals surface area contributed by atoms with Crippen LogP contribution in [0.1, 0.15) is 23.3 Å². The first-order valence-electron chi connectivity index (χ1n) is 6.45. The summed E-state index contributed by atoms with van der Waals surface area (Å²) in [6, 6.07) is 7.69. The van der Waals surface area contributed by atoms with E-state index in [1.165, 1.54) is 7.11 Å². The number of hydrogen-bond donors (Lipinski definition) is 0. The normalized spacial score (nSPS) is 18.9. The zero-order chi connectivity index (χ0) is 13.2. The summed E-state index contributed by atoms with van der Waals surface area (Å²) in [6.07, 6.45) is 2.32. The van der Waals surface area contributed by atoms with Gasteiger partial charge in [-0.15, -0.1) is 0 Å². The fourth-order valence-corrected chi connectivity index (χ4v) is 2.50. The summed E-state index contributed by atoms with van der Waals surface area (Å²) in [5.74, 6) is -0.401. The Morgan fingerprint density at radius 3 is 3.11 bits per heavy atom. The van der Waals surface area contributed by atoms with Gasteiger partial charge in [-0.05, 0) is 18.9 Å². The van der Waals surface area contributed by atoms with Crippen molar-refractivity contribution in [2.45, 2.75) is 25.5 Å². The number of ether oxygens (including phenoxy) is 2. The molecule has 0 amide bonds. The number of benzene rings is 1. The first-order chi connectivity index (χ1) is 9.29. The van der Waals surface area contributed by atoms with Crippen LogP contribution >= 0.6 is 0 Å².